The van der Waals surface area contributed by atoms with Crippen LogP contribution in [0, 0.1) is 5.82 Å². The Morgan fingerprint density at radius 1 is 1.19 bits per heavy atom. The Morgan fingerprint density at radius 2 is 1.89 bits per heavy atom. The number of nitrogens with one attached hydrogen (secondary N) is 3. The molecule has 1 fully saturated rings. The molecule has 7 nitrogen and oxygen atoms in total. The van der Waals surface area contributed by atoms with E-state index in [0.717, 1.165) is 37.6 Å². The third-order valence-corrected chi connectivity index (χ3v) is 4.88. The summed E-state index contributed by atoms with van der Waals surface area (Å²) in [5.74, 6) is -0.784. The van der Waals surface area contributed by atoms with Gasteiger partial charge in [0.05, 0.1) is 39.0 Å². The van der Waals surface area contributed by atoms with E-state index in [-0.39, 0.29) is 11.9 Å². The molecule has 144 valence electrons. The van der Waals surface area contributed by atoms with Crippen molar-refractivity contribution in [2.24, 2.45) is 0 Å². The van der Waals surface area contributed by atoms with E-state index in [0.29, 0.717) is 6.54 Å². The van der Waals surface area contributed by atoms with E-state index < -0.39 is 11.8 Å². The Balaban J connectivity index is 1.63. The van der Waals surface area contributed by atoms with E-state index >= 15 is 0 Å². The average Bonchev–Trinajstić information content (AvgIpc) is 3.23. The van der Waals surface area contributed by atoms with Gasteiger partial charge in [-0.25, -0.2) is 4.39 Å². The molecule has 2 heterocycles. The third kappa shape index (κ3) is 4.65. The zero-order valence-corrected chi connectivity index (χ0v) is 15.2. The molecule has 0 aliphatic carbocycles. The van der Waals surface area contributed by atoms with Crippen LogP contribution in [-0.4, -0.2) is 51.6 Å². The van der Waals surface area contributed by atoms with Gasteiger partial charge in [0.1, 0.15) is 5.82 Å². The van der Waals surface area contributed by atoms with Crippen molar-refractivity contribution in [2.45, 2.75) is 6.04 Å². The van der Waals surface area contributed by atoms with Crippen LogP contribution < -0.4 is 20.4 Å². The van der Waals surface area contributed by atoms with Gasteiger partial charge in [0.15, 0.2) is 11.8 Å². The largest absolute Gasteiger partial charge is 0.463 e. The number of nitrogens with zero attached hydrogens (tertiary/aromatic N) is 1. The normalized spacial score (nSPS) is 16.0. The van der Waals surface area contributed by atoms with Gasteiger partial charge in [-0.15, -0.1) is 0 Å². The molecule has 1 aromatic heterocycles. The summed E-state index contributed by atoms with van der Waals surface area (Å²) in [6, 6.07) is 10.1. The Morgan fingerprint density at radius 3 is 2.48 bits per heavy atom. The van der Waals surface area contributed by atoms with Crippen molar-refractivity contribution in [3.63, 3.8) is 0 Å². The number of carbonyl (C=O) groups excluding carboxylic acids is 2. The van der Waals surface area contributed by atoms with Crippen molar-refractivity contribution in [3.8, 4) is 0 Å². The minimum Gasteiger partial charge on any atom is -0.463 e. The molecular formula is C19H24FN4O3+. The number of rotatable bonds is 5. The summed E-state index contributed by atoms with van der Waals surface area (Å²) in [5.41, 5.74) is 0.998. The summed E-state index contributed by atoms with van der Waals surface area (Å²) >= 11 is 0. The zero-order chi connectivity index (χ0) is 19.2. The van der Waals surface area contributed by atoms with Gasteiger partial charge in [0.2, 0.25) is 0 Å². The van der Waals surface area contributed by atoms with Crippen molar-refractivity contribution in [2.75, 3.05) is 44.7 Å². The Labute approximate surface area is 157 Å². The molecule has 1 saturated heterocycles. The van der Waals surface area contributed by atoms with E-state index in [1.165, 1.54) is 24.1 Å². The lowest BCUT2D eigenvalue weighted by molar-refractivity contribution is -0.932. The first-order valence-electron chi connectivity index (χ1n) is 8.97. The highest BCUT2D eigenvalue weighted by Gasteiger charge is 2.31. The maximum atomic E-state index is 13.1. The molecule has 0 bridgehead atoms. The number of quaternary nitrogens is 1. The molecule has 8 heteroatoms. The van der Waals surface area contributed by atoms with Gasteiger partial charge in [-0.05, 0) is 36.4 Å². The maximum Gasteiger partial charge on any atom is 0.309 e. The lowest BCUT2D eigenvalue weighted by Crippen LogP contribution is -3.15. The maximum absolute atomic E-state index is 13.1. The molecule has 1 aliphatic rings. The standard InChI is InChI=1S/C19H23FN4O3/c1-21-18(25)19(26)22-13-16(17-3-2-12-27-17)24-10-8-23(9-11-24)15-6-4-14(20)5-7-15/h2-7,12,16H,8-11,13H2,1H3,(H,21,25)(H,22,26)/p+1/t16-/m0/s1. The van der Waals surface area contributed by atoms with Crippen LogP contribution in [0.3, 0.4) is 0 Å². The van der Waals surface area contributed by atoms with Crippen molar-refractivity contribution < 1.29 is 23.3 Å². The van der Waals surface area contributed by atoms with Gasteiger partial charge < -0.3 is 24.9 Å². The lowest BCUT2D eigenvalue weighted by Gasteiger charge is -2.37. The fourth-order valence-electron chi connectivity index (χ4n) is 3.38. The minimum atomic E-state index is -0.663. The van der Waals surface area contributed by atoms with Crippen LogP contribution in [0.4, 0.5) is 10.1 Å². The van der Waals surface area contributed by atoms with E-state index in [9.17, 15) is 14.0 Å². The highest BCUT2D eigenvalue weighted by molar-refractivity contribution is 6.35. The second-order valence-electron chi connectivity index (χ2n) is 6.48. The Kier molecular flexibility index (Phi) is 6.08. The molecule has 3 N–H and O–H groups in total. The quantitative estimate of drug-likeness (QED) is 0.629. The number of piperazine rings is 1. The molecule has 2 aromatic rings. The molecule has 0 spiro atoms. The molecule has 3 rings (SSSR count). The van der Waals surface area contributed by atoms with Gasteiger partial charge in [-0.3, -0.25) is 9.59 Å². The van der Waals surface area contributed by atoms with Crippen LogP contribution in [0.25, 0.3) is 0 Å². The summed E-state index contributed by atoms with van der Waals surface area (Å²) in [7, 11) is 1.42. The number of carbonyl (C=O) groups is 2. The van der Waals surface area contributed by atoms with Gasteiger partial charge in [-0.1, -0.05) is 0 Å². The summed E-state index contributed by atoms with van der Waals surface area (Å²) < 4.78 is 18.7. The molecule has 1 atom stereocenters. The number of hydrogen-bond acceptors (Lipinski definition) is 4. The van der Waals surface area contributed by atoms with Gasteiger partial charge >= 0.3 is 11.8 Å². The van der Waals surface area contributed by atoms with Crippen LogP contribution >= 0.6 is 0 Å². The number of hydrogen-bond donors (Lipinski definition) is 3. The summed E-state index contributed by atoms with van der Waals surface area (Å²) in [6.45, 7) is 3.59. The molecule has 27 heavy (non-hydrogen) atoms. The van der Waals surface area contributed by atoms with Gasteiger partial charge in [0.25, 0.3) is 0 Å². The predicted octanol–water partition coefficient (Wildman–Crippen LogP) is -0.273. The number of halogens is 1. The van der Waals surface area contributed by atoms with Crippen LogP contribution in [0.1, 0.15) is 11.8 Å². The monoisotopic (exact) mass is 375 g/mol. The fraction of sp³-hybridized carbons (Fsp3) is 0.368. The molecule has 2 amide bonds. The number of anilines is 1. The number of amides is 2. The average molecular weight is 375 g/mol. The van der Waals surface area contributed by atoms with Crippen LogP contribution in [0.2, 0.25) is 0 Å². The van der Waals surface area contributed by atoms with Crippen LogP contribution in [-0.2, 0) is 9.59 Å². The molecule has 0 radical (unpaired) electrons. The zero-order valence-electron chi connectivity index (χ0n) is 15.2. The summed E-state index contributed by atoms with van der Waals surface area (Å²) in [6.07, 6.45) is 1.61. The second kappa shape index (κ2) is 8.68. The smallest absolute Gasteiger partial charge is 0.309 e. The minimum absolute atomic E-state index is 0.0797. The molecule has 0 saturated carbocycles. The van der Waals surface area contributed by atoms with Gasteiger partial charge in [-0.2, -0.15) is 0 Å². The number of likely N-dealkylation sites (N-methyl/N-ethyl adjacent to an activating group) is 1. The first-order valence-corrected chi connectivity index (χ1v) is 8.97. The van der Waals surface area contributed by atoms with Crippen LogP contribution in [0.15, 0.2) is 47.1 Å². The van der Waals surface area contributed by atoms with E-state index in [1.807, 2.05) is 12.1 Å². The van der Waals surface area contributed by atoms with Gasteiger partial charge in [0, 0.05) is 12.7 Å². The predicted molar refractivity (Wildman–Crippen MR) is 97.8 cm³/mol. The highest BCUT2D eigenvalue weighted by atomic mass is 19.1. The second-order valence-corrected chi connectivity index (χ2v) is 6.48. The number of benzene rings is 1. The SMILES string of the molecule is CNC(=O)C(=O)NC[C@@H](c1ccco1)[NH+]1CCN(c2ccc(F)cc2)CC1. The summed E-state index contributed by atoms with van der Waals surface area (Å²) in [5, 5.41) is 5.00. The molecule has 1 aromatic carbocycles. The van der Waals surface area contributed by atoms with Crippen LogP contribution in [0.5, 0.6) is 0 Å². The van der Waals surface area contributed by atoms with Crippen molar-refractivity contribution in [1.29, 1.82) is 0 Å². The number of furan rings is 1. The Bertz CT molecular complexity index is 756. The van der Waals surface area contributed by atoms with E-state index in [2.05, 4.69) is 15.5 Å². The first kappa shape index (κ1) is 18.9. The third-order valence-electron chi connectivity index (χ3n) is 4.88. The molecule has 1 aliphatic heterocycles. The lowest BCUT2D eigenvalue weighted by atomic mass is 10.1. The topological polar surface area (TPSA) is 79.0 Å². The first-order chi connectivity index (χ1) is 13.1. The Hall–Kier alpha value is -2.87. The fourth-order valence-corrected chi connectivity index (χ4v) is 3.38. The van der Waals surface area contributed by atoms with Crippen molar-refractivity contribution >= 4 is 17.5 Å². The van der Waals surface area contributed by atoms with E-state index in [1.54, 1.807) is 18.4 Å². The molecular weight excluding hydrogens is 351 g/mol. The molecule has 0 unspecified atom stereocenters. The van der Waals surface area contributed by atoms with E-state index in [4.69, 9.17) is 4.42 Å². The highest BCUT2D eigenvalue weighted by Crippen LogP contribution is 2.16. The van der Waals surface area contributed by atoms with Crippen molar-refractivity contribution in [3.05, 3.63) is 54.2 Å². The summed E-state index contributed by atoms with van der Waals surface area (Å²) in [4.78, 5) is 26.7. The van der Waals surface area contributed by atoms with Crippen molar-refractivity contribution in [1.82, 2.24) is 10.6 Å².